The highest BCUT2D eigenvalue weighted by atomic mass is 19.4. The molecule has 2 rings (SSSR count). The van der Waals surface area contributed by atoms with E-state index < -0.39 is 23.1 Å². The number of ether oxygens (including phenoxy) is 2. The van der Waals surface area contributed by atoms with E-state index in [-0.39, 0.29) is 25.0 Å². The first-order valence-electron chi connectivity index (χ1n) is 6.83. The van der Waals surface area contributed by atoms with Gasteiger partial charge in [-0.15, -0.1) is 0 Å². The molecular weight excluding hydrogens is 285 g/mol. The van der Waals surface area contributed by atoms with Gasteiger partial charge in [-0.3, -0.25) is 4.79 Å². The number of alkyl halides is 3. The molecule has 0 aromatic heterocycles. The number of Topliss-reactive ketones (excluding diaryl/α,β-unsaturated/α-hetero) is 1. The Morgan fingerprint density at radius 2 is 1.90 bits per heavy atom. The quantitative estimate of drug-likeness (QED) is 0.799. The molecule has 0 unspecified atom stereocenters. The molecule has 0 N–H and O–H groups in total. The molecule has 1 fully saturated rings. The van der Waals surface area contributed by atoms with Gasteiger partial charge in [-0.1, -0.05) is 18.2 Å². The Labute approximate surface area is 121 Å². The van der Waals surface area contributed by atoms with E-state index >= 15 is 0 Å². The van der Waals surface area contributed by atoms with Crippen molar-refractivity contribution >= 4 is 5.78 Å². The SMILES string of the molecule is CCOC1(C(=O)c2ccccc2C(F)(F)F)CCOCC1. The van der Waals surface area contributed by atoms with Crippen molar-refractivity contribution in [3.05, 3.63) is 35.4 Å². The molecule has 1 aliphatic heterocycles. The highest BCUT2D eigenvalue weighted by Gasteiger charge is 2.44. The third-order valence-corrected chi connectivity index (χ3v) is 3.61. The Morgan fingerprint density at radius 3 is 2.48 bits per heavy atom. The highest BCUT2D eigenvalue weighted by molar-refractivity contribution is 6.04. The van der Waals surface area contributed by atoms with Gasteiger partial charge >= 0.3 is 6.18 Å². The van der Waals surface area contributed by atoms with Crippen LogP contribution >= 0.6 is 0 Å². The van der Waals surface area contributed by atoms with Gasteiger partial charge < -0.3 is 9.47 Å². The number of carbonyl (C=O) groups excluding carboxylic acids is 1. The number of ketones is 1. The zero-order chi connectivity index (χ0) is 15.5. The molecule has 1 aromatic carbocycles. The van der Waals surface area contributed by atoms with Crippen LogP contribution in [0.1, 0.15) is 35.7 Å². The molecule has 0 radical (unpaired) electrons. The fourth-order valence-electron chi connectivity index (χ4n) is 2.59. The van der Waals surface area contributed by atoms with Crippen LogP contribution in [-0.2, 0) is 15.7 Å². The molecule has 21 heavy (non-hydrogen) atoms. The minimum atomic E-state index is -4.56. The standard InChI is InChI=1S/C15H17F3O3/c1-2-21-14(7-9-20-10-8-14)13(19)11-5-3-4-6-12(11)15(16,17)18/h3-6H,2,7-10H2,1H3. The van der Waals surface area contributed by atoms with Gasteiger partial charge in [0, 0.05) is 38.2 Å². The van der Waals surface area contributed by atoms with E-state index in [0.717, 1.165) is 6.07 Å². The number of hydrogen-bond acceptors (Lipinski definition) is 3. The Bertz CT molecular complexity index is 500. The van der Waals surface area contributed by atoms with Crippen LogP contribution in [0.15, 0.2) is 24.3 Å². The second-order valence-corrected chi connectivity index (χ2v) is 4.91. The van der Waals surface area contributed by atoms with E-state index in [1.54, 1.807) is 6.92 Å². The fraction of sp³-hybridized carbons (Fsp3) is 0.533. The molecule has 0 saturated carbocycles. The number of hydrogen-bond donors (Lipinski definition) is 0. The van der Waals surface area contributed by atoms with Gasteiger partial charge in [-0.05, 0) is 13.0 Å². The first kappa shape index (κ1) is 16.0. The Balaban J connectivity index is 2.42. The fourth-order valence-corrected chi connectivity index (χ4v) is 2.59. The van der Waals surface area contributed by atoms with Crippen molar-refractivity contribution < 1.29 is 27.4 Å². The van der Waals surface area contributed by atoms with E-state index in [4.69, 9.17) is 9.47 Å². The Hall–Kier alpha value is -1.40. The summed E-state index contributed by atoms with van der Waals surface area (Å²) in [6.07, 6.45) is -4.03. The topological polar surface area (TPSA) is 35.5 Å². The molecule has 116 valence electrons. The van der Waals surface area contributed by atoms with Gasteiger partial charge in [0.1, 0.15) is 5.60 Å². The van der Waals surface area contributed by atoms with Crippen LogP contribution in [0.3, 0.4) is 0 Å². The van der Waals surface area contributed by atoms with Gasteiger partial charge in [0.25, 0.3) is 0 Å². The first-order chi connectivity index (χ1) is 9.91. The van der Waals surface area contributed by atoms with Gasteiger partial charge in [0.2, 0.25) is 0 Å². The van der Waals surface area contributed by atoms with Crippen LogP contribution in [0.5, 0.6) is 0 Å². The summed E-state index contributed by atoms with van der Waals surface area (Å²) >= 11 is 0. The molecular formula is C15H17F3O3. The van der Waals surface area contributed by atoms with E-state index in [1.165, 1.54) is 18.2 Å². The summed E-state index contributed by atoms with van der Waals surface area (Å²) in [5, 5.41) is 0. The first-order valence-corrected chi connectivity index (χ1v) is 6.83. The lowest BCUT2D eigenvalue weighted by Crippen LogP contribution is -2.47. The number of benzene rings is 1. The van der Waals surface area contributed by atoms with E-state index in [0.29, 0.717) is 13.2 Å². The summed E-state index contributed by atoms with van der Waals surface area (Å²) in [4.78, 5) is 12.7. The Morgan fingerprint density at radius 1 is 1.29 bits per heavy atom. The third kappa shape index (κ3) is 3.27. The van der Waals surface area contributed by atoms with Crippen molar-refractivity contribution in [3.63, 3.8) is 0 Å². The van der Waals surface area contributed by atoms with Crippen LogP contribution in [-0.4, -0.2) is 31.2 Å². The molecule has 0 spiro atoms. The maximum absolute atomic E-state index is 13.1. The second kappa shape index (κ2) is 6.15. The maximum atomic E-state index is 13.1. The highest BCUT2D eigenvalue weighted by Crippen LogP contribution is 2.36. The molecule has 0 bridgehead atoms. The van der Waals surface area contributed by atoms with Crippen molar-refractivity contribution in [1.29, 1.82) is 0 Å². The van der Waals surface area contributed by atoms with Crippen LogP contribution in [0.4, 0.5) is 13.2 Å². The molecule has 1 aliphatic rings. The minimum Gasteiger partial charge on any atom is -0.381 e. The maximum Gasteiger partial charge on any atom is 0.417 e. The average Bonchev–Trinajstić information content (AvgIpc) is 2.47. The number of carbonyl (C=O) groups is 1. The minimum absolute atomic E-state index is 0.264. The van der Waals surface area contributed by atoms with Crippen LogP contribution in [0.2, 0.25) is 0 Å². The van der Waals surface area contributed by atoms with Gasteiger partial charge in [-0.2, -0.15) is 13.2 Å². The lowest BCUT2D eigenvalue weighted by atomic mass is 9.84. The van der Waals surface area contributed by atoms with E-state index in [9.17, 15) is 18.0 Å². The van der Waals surface area contributed by atoms with Gasteiger partial charge in [-0.25, -0.2) is 0 Å². The normalized spacial score (nSPS) is 18.5. The molecule has 0 aliphatic carbocycles. The van der Waals surface area contributed by atoms with Gasteiger partial charge in [0.15, 0.2) is 5.78 Å². The lowest BCUT2D eigenvalue weighted by molar-refractivity contribution is -0.138. The van der Waals surface area contributed by atoms with Crippen molar-refractivity contribution in [2.45, 2.75) is 31.5 Å². The zero-order valence-electron chi connectivity index (χ0n) is 11.7. The molecule has 0 amide bonds. The summed E-state index contributed by atoms with van der Waals surface area (Å²) in [5.74, 6) is -0.611. The summed E-state index contributed by atoms with van der Waals surface area (Å²) in [7, 11) is 0. The Kier molecular flexibility index (Phi) is 4.68. The molecule has 1 aromatic rings. The molecule has 1 heterocycles. The van der Waals surface area contributed by atoms with Crippen LogP contribution in [0.25, 0.3) is 0 Å². The van der Waals surface area contributed by atoms with Crippen molar-refractivity contribution in [2.24, 2.45) is 0 Å². The van der Waals surface area contributed by atoms with Crippen LogP contribution in [0, 0.1) is 0 Å². The predicted octanol–water partition coefficient (Wildman–Crippen LogP) is 3.47. The summed E-state index contributed by atoms with van der Waals surface area (Å²) in [6, 6.07) is 4.84. The molecule has 1 saturated heterocycles. The van der Waals surface area contributed by atoms with Gasteiger partial charge in [0.05, 0.1) is 5.56 Å². The predicted molar refractivity (Wildman–Crippen MR) is 70.2 cm³/mol. The lowest BCUT2D eigenvalue weighted by Gasteiger charge is -2.36. The summed E-state index contributed by atoms with van der Waals surface area (Å²) in [6.45, 7) is 2.60. The second-order valence-electron chi connectivity index (χ2n) is 4.91. The molecule has 6 heteroatoms. The summed E-state index contributed by atoms with van der Waals surface area (Å²) in [5.41, 5.74) is -2.46. The van der Waals surface area contributed by atoms with Crippen molar-refractivity contribution in [2.75, 3.05) is 19.8 Å². The van der Waals surface area contributed by atoms with E-state index in [2.05, 4.69) is 0 Å². The molecule has 3 nitrogen and oxygen atoms in total. The zero-order valence-corrected chi connectivity index (χ0v) is 11.7. The largest absolute Gasteiger partial charge is 0.417 e. The third-order valence-electron chi connectivity index (χ3n) is 3.61. The molecule has 0 atom stereocenters. The van der Waals surface area contributed by atoms with Crippen LogP contribution < -0.4 is 0 Å². The van der Waals surface area contributed by atoms with Crippen molar-refractivity contribution in [1.82, 2.24) is 0 Å². The van der Waals surface area contributed by atoms with E-state index in [1.807, 2.05) is 0 Å². The average molecular weight is 302 g/mol. The van der Waals surface area contributed by atoms with Crippen molar-refractivity contribution in [3.8, 4) is 0 Å². The smallest absolute Gasteiger partial charge is 0.381 e. The monoisotopic (exact) mass is 302 g/mol. The summed E-state index contributed by atoms with van der Waals surface area (Å²) < 4.78 is 50.0. The number of halogens is 3. The number of rotatable bonds is 4.